The van der Waals surface area contributed by atoms with E-state index in [1.807, 2.05) is 12.1 Å². The van der Waals surface area contributed by atoms with E-state index in [2.05, 4.69) is 11.8 Å². The average Bonchev–Trinajstić information content (AvgIpc) is 2.74. The maximum Gasteiger partial charge on any atom is 0.235 e. The molecule has 1 aliphatic heterocycles. The van der Waals surface area contributed by atoms with Crippen LogP contribution in [0.3, 0.4) is 0 Å². The number of fused-ring (bicyclic) bond motifs is 1. The van der Waals surface area contributed by atoms with Gasteiger partial charge in [0.15, 0.2) is 17.1 Å². The molecule has 0 atom stereocenters. The Morgan fingerprint density at radius 1 is 1.00 bits per heavy atom. The largest absolute Gasteiger partial charge is 0.504 e. The van der Waals surface area contributed by atoms with Crippen molar-refractivity contribution in [1.29, 1.82) is 0 Å². The summed E-state index contributed by atoms with van der Waals surface area (Å²) < 4.78 is 5.62. The number of anilines is 1. The average molecular weight is 395 g/mol. The molecular formula is C23H25NO5. The van der Waals surface area contributed by atoms with Gasteiger partial charge in [-0.3, -0.25) is 4.79 Å². The second kappa shape index (κ2) is 7.70. The molecule has 1 aromatic heterocycles. The summed E-state index contributed by atoms with van der Waals surface area (Å²) in [6, 6.07) is 9.97. The zero-order valence-electron chi connectivity index (χ0n) is 16.4. The molecule has 152 valence electrons. The quantitative estimate of drug-likeness (QED) is 0.559. The van der Waals surface area contributed by atoms with Crippen LogP contribution in [0.2, 0.25) is 0 Å². The molecule has 0 bridgehead atoms. The Kier molecular flexibility index (Phi) is 5.09. The summed E-state index contributed by atoms with van der Waals surface area (Å²) in [4.78, 5) is 14.8. The van der Waals surface area contributed by atoms with Gasteiger partial charge in [-0.05, 0) is 55.2 Å². The van der Waals surface area contributed by atoms with E-state index in [0.717, 1.165) is 24.7 Å². The molecule has 2 aromatic carbocycles. The summed E-state index contributed by atoms with van der Waals surface area (Å²) >= 11 is 0. The van der Waals surface area contributed by atoms with Crippen LogP contribution < -0.4 is 10.3 Å². The molecule has 1 fully saturated rings. The van der Waals surface area contributed by atoms with Gasteiger partial charge in [-0.25, -0.2) is 0 Å². The van der Waals surface area contributed by atoms with Crippen LogP contribution in [0.1, 0.15) is 32.6 Å². The molecule has 3 N–H and O–H groups in total. The smallest absolute Gasteiger partial charge is 0.235 e. The zero-order valence-corrected chi connectivity index (χ0v) is 16.4. The monoisotopic (exact) mass is 395 g/mol. The lowest BCUT2D eigenvalue weighted by molar-refractivity contribution is 0.378. The highest BCUT2D eigenvalue weighted by molar-refractivity contribution is 5.88. The van der Waals surface area contributed by atoms with Crippen LogP contribution in [0.5, 0.6) is 17.2 Å². The number of piperidine rings is 1. The van der Waals surface area contributed by atoms with Gasteiger partial charge in [-0.1, -0.05) is 19.8 Å². The highest BCUT2D eigenvalue weighted by Crippen LogP contribution is 2.38. The van der Waals surface area contributed by atoms with Crippen molar-refractivity contribution in [3.8, 4) is 28.6 Å². The van der Waals surface area contributed by atoms with Crippen molar-refractivity contribution in [3.63, 3.8) is 0 Å². The fourth-order valence-corrected chi connectivity index (χ4v) is 4.13. The first-order valence-electron chi connectivity index (χ1n) is 10.1. The highest BCUT2D eigenvalue weighted by Gasteiger charge is 2.21. The van der Waals surface area contributed by atoms with Gasteiger partial charge in [0, 0.05) is 24.3 Å². The summed E-state index contributed by atoms with van der Waals surface area (Å²) in [5.41, 5.74) is 0.809. The summed E-state index contributed by atoms with van der Waals surface area (Å²) in [6.45, 7) is 4.27. The molecule has 0 amide bonds. The Morgan fingerprint density at radius 3 is 2.34 bits per heavy atom. The third-order valence-corrected chi connectivity index (χ3v) is 5.80. The molecular weight excluding hydrogens is 370 g/mol. The number of phenolic OH excluding ortho intramolecular Hbond substituents is 2. The van der Waals surface area contributed by atoms with Crippen molar-refractivity contribution in [2.45, 2.75) is 32.6 Å². The van der Waals surface area contributed by atoms with E-state index in [1.54, 1.807) is 12.1 Å². The summed E-state index contributed by atoms with van der Waals surface area (Å²) in [7, 11) is 0. The number of hydrogen-bond acceptors (Lipinski definition) is 6. The van der Waals surface area contributed by atoms with E-state index in [1.165, 1.54) is 37.8 Å². The first-order valence-corrected chi connectivity index (χ1v) is 10.1. The first kappa shape index (κ1) is 19.2. The Balaban J connectivity index is 1.64. The van der Waals surface area contributed by atoms with Crippen LogP contribution in [0.4, 0.5) is 5.69 Å². The molecule has 0 unspecified atom stereocenters. The minimum atomic E-state index is -0.654. The predicted octanol–water partition coefficient (Wildman–Crippen LogP) is 4.59. The van der Waals surface area contributed by atoms with E-state index < -0.39 is 16.9 Å². The fourth-order valence-electron chi connectivity index (χ4n) is 4.13. The van der Waals surface area contributed by atoms with E-state index in [4.69, 9.17) is 4.42 Å². The lowest BCUT2D eigenvalue weighted by atomic mass is 9.92. The number of rotatable bonds is 4. The number of benzene rings is 2. The number of nitrogens with zero attached hydrogens (tertiary/aromatic N) is 1. The second-order valence-corrected chi connectivity index (χ2v) is 7.68. The van der Waals surface area contributed by atoms with Crippen molar-refractivity contribution in [3.05, 3.63) is 46.6 Å². The van der Waals surface area contributed by atoms with Gasteiger partial charge in [0.25, 0.3) is 0 Å². The Labute approximate surface area is 168 Å². The normalized spacial score (nSPS) is 15.1. The van der Waals surface area contributed by atoms with E-state index in [-0.39, 0.29) is 22.5 Å². The lowest BCUT2D eigenvalue weighted by Crippen LogP contribution is -2.33. The maximum absolute atomic E-state index is 12.5. The lowest BCUT2D eigenvalue weighted by Gasteiger charge is -2.33. The molecule has 3 aromatic rings. The van der Waals surface area contributed by atoms with Crippen LogP contribution >= 0.6 is 0 Å². The third kappa shape index (κ3) is 3.50. The fraction of sp³-hybridized carbons (Fsp3) is 0.348. The molecule has 2 heterocycles. The van der Waals surface area contributed by atoms with Gasteiger partial charge in [0.2, 0.25) is 16.9 Å². The standard InChI is InChI=1S/C23H25NO5/c1-2-3-14-10-12-24(13-11-14)16-6-4-15(5-7-16)22-21(28)19(26)17-8-9-18(25)20(27)23(17)29-22/h4-9,14,25,27-28H,2-3,10-13H2,1H3. The molecule has 0 radical (unpaired) electrons. The number of phenols is 2. The maximum atomic E-state index is 12.5. The van der Waals surface area contributed by atoms with Gasteiger partial charge in [-0.2, -0.15) is 0 Å². The van der Waals surface area contributed by atoms with E-state index >= 15 is 0 Å². The summed E-state index contributed by atoms with van der Waals surface area (Å²) in [5, 5.41) is 30.1. The van der Waals surface area contributed by atoms with Crippen LogP contribution in [-0.4, -0.2) is 28.4 Å². The summed E-state index contributed by atoms with van der Waals surface area (Å²) in [5.74, 6) is -0.651. The predicted molar refractivity (Wildman–Crippen MR) is 113 cm³/mol. The minimum absolute atomic E-state index is 0.00752. The number of aromatic hydroxyl groups is 3. The Hall–Kier alpha value is -3.15. The SMILES string of the molecule is CCCC1CCN(c2ccc(-c3oc4c(O)c(O)ccc4c(=O)c3O)cc2)CC1. The van der Waals surface area contributed by atoms with E-state index in [9.17, 15) is 20.1 Å². The Bertz CT molecular complexity index is 1080. The van der Waals surface area contributed by atoms with Crippen LogP contribution in [0.15, 0.2) is 45.6 Å². The first-order chi connectivity index (χ1) is 14.0. The molecule has 6 heteroatoms. The topological polar surface area (TPSA) is 94.1 Å². The molecule has 29 heavy (non-hydrogen) atoms. The zero-order chi connectivity index (χ0) is 20.5. The van der Waals surface area contributed by atoms with Gasteiger partial charge in [0.05, 0.1) is 5.39 Å². The van der Waals surface area contributed by atoms with Crippen molar-refractivity contribution >= 4 is 16.7 Å². The van der Waals surface area contributed by atoms with E-state index in [0.29, 0.717) is 5.56 Å². The van der Waals surface area contributed by atoms with Crippen molar-refractivity contribution in [1.82, 2.24) is 0 Å². The summed E-state index contributed by atoms with van der Waals surface area (Å²) in [6.07, 6.45) is 4.90. The molecule has 1 aliphatic rings. The van der Waals surface area contributed by atoms with Crippen LogP contribution in [0, 0.1) is 5.92 Å². The van der Waals surface area contributed by atoms with Crippen molar-refractivity contribution in [2.24, 2.45) is 5.92 Å². The molecule has 0 saturated carbocycles. The highest BCUT2D eigenvalue weighted by atomic mass is 16.4. The van der Waals surface area contributed by atoms with Gasteiger partial charge in [0.1, 0.15) is 0 Å². The Morgan fingerprint density at radius 2 is 1.69 bits per heavy atom. The molecule has 0 aliphatic carbocycles. The van der Waals surface area contributed by atoms with Gasteiger partial charge < -0.3 is 24.6 Å². The molecule has 1 saturated heterocycles. The second-order valence-electron chi connectivity index (χ2n) is 7.68. The third-order valence-electron chi connectivity index (χ3n) is 5.80. The van der Waals surface area contributed by atoms with Crippen LogP contribution in [-0.2, 0) is 0 Å². The molecule has 4 rings (SSSR count). The van der Waals surface area contributed by atoms with Crippen molar-refractivity contribution in [2.75, 3.05) is 18.0 Å². The van der Waals surface area contributed by atoms with Gasteiger partial charge in [-0.15, -0.1) is 0 Å². The molecule has 0 spiro atoms. The molecule has 6 nitrogen and oxygen atoms in total. The van der Waals surface area contributed by atoms with Crippen molar-refractivity contribution < 1.29 is 19.7 Å². The van der Waals surface area contributed by atoms with Gasteiger partial charge >= 0.3 is 0 Å². The number of hydrogen-bond donors (Lipinski definition) is 3. The van der Waals surface area contributed by atoms with Crippen LogP contribution in [0.25, 0.3) is 22.3 Å². The minimum Gasteiger partial charge on any atom is -0.504 e.